The number of urea groups is 1. The maximum Gasteiger partial charge on any atom is 0.323 e. The van der Waals surface area contributed by atoms with E-state index in [4.69, 9.17) is 0 Å². The summed E-state index contributed by atoms with van der Waals surface area (Å²) in [5.41, 5.74) is 4.65. The van der Waals surface area contributed by atoms with Crippen molar-refractivity contribution in [2.45, 2.75) is 26.2 Å². The van der Waals surface area contributed by atoms with Crippen LogP contribution in [0.5, 0.6) is 0 Å². The van der Waals surface area contributed by atoms with E-state index in [1.807, 2.05) is 58.6 Å². The standard InChI is InChI=1S/C22H22N4OS/c1-2-3-5-16-8-10-18(11-9-16)23-21(27)24-19-7-4-6-17(14-19)20-15-26-12-13-28-22(26)25-20/h4,6-15H,2-3,5H2,1H3,(H2,23,24,27). The van der Waals surface area contributed by atoms with Gasteiger partial charge in [0.15, 0.2) is 4.96 Å². The number of hydrogen-bond acceptors (Lipinski definition) is 3. The zero-order valence-electron chi connectivity index (χ0n) is 15.7. The highest BCUT2D eigenvalue weighted by Crippen LogP contribution is 2.24. The summed E-state index contributed by atoms with van der Waals surface area (Å²) in [6, 6.07) is 15.5. The number of hydrogen-bond donors (Lipinski definition) is 2. The molecule has 0 fully saturated rings. The normalized spacial score (nSPS) is 10.9. The molecule has 0 aliphatic heterocycles. The van der Waals surface area contributed by atoms with E-state index in [0.29, 0.717) is 0 Å². The Bertz CT molecular complexity index is 1050. The number of aromatic nitrogens is 2. The van der Waals surface area contributed by atoms with E-state index in [9.17, 15) is 4.79 Å². The average molecular weight is 391 g/mol. The first-order chi connectivity index (χ1) is 13.7. The number of unbranched alkanes of at least 4 members (excludes halogenated alkanes) is 1. The van der Waals surface area contributed by atoms with Crippen molar-refractivity contribution in [1.82, 2.24) is 9.38 Å². The summed E-state index contributed by atoms with van der Waals surface area (Å²) in [6.07, 6.45) is 7.41. The summed E-state index contributed by atoms with van der Waals surface area (Å²) in [5.74, 6) is 0. The van der Waals surface area contributed by atoms with Crippen LogP contribution in [0.4, 0.5) is 16.2 Å². The summed E-state index contributed by atoms with van der Waals surface area (Å²) < 4.78 is 2.00. The first-order valence-corrected chi connectivity index (χ1v) is 10.3. The van der Waals surface area contributed by atoms with Gasteiger partial charge in [0.25, 0.3) is 0 Å². The van der Waals surface area contributed by atoms with Crippen LogP contribution in [0.2, 0.25) is 0 Å². The average Bonchev–Trinajstić information content (AvgIpc) is 3.30. The maximum absolute atomic E-state index is 12.3. The van der Waals surface area contributed by atoms with Crippen molar-refractivity contribution >= 4 is 33.7 Å². The second-order valence-electron chi connectivity index (χ2n) is 6.68. The lowest BCUT2D eigenvalue weighted by molar-refractivity contribution is 0.262. The lowest BCUT2D eigenvalue weighted by Crippen LogP contribution is -2.19. The second kappa shape index (κ2) is 8.27. The summed E-state index contributed by atoms with van der Waals surface area (Å²) in [5, 5.41) is 7.78. The van der Waals surface area contributed by atoms with Crippen molar-refractivity contribution in [1.29, 1.82) is 0 Å². The van der Waals surface area contributed by atoms with Gasteiger partial charge in [-0.2, -0.15) is 0 Å². The Morgan fingerprint density at radius 1 is 1.11 bits per heavy atom. The van der Waals surface area contributed by atoms with Crippen LogP contribution in [0.1, 0.15) is 25.3 Å². The van der Waals surface area contributed by atoms with Gasteiger partial charge in [-0.15, -0.1) is 11.3 Å². The van der Waals surface area contributed by atoms with Gasteiger partial charge < -0.3 is 10.6 Å². The van der Waals surface area contributed by atoms with Gasteiger partial charge >= 0.3 is 6.03 Å². The predicted octanol–water partition coefficient (Wildman–Crippen LogP) is 6.05. The molecule has 0 aliphatic carbocycles. The summed E-state index contributed by atoms with van der Waals surface area (Å²) in [6.45, 7) is 2.19. The lowest BCUT2D eigenvalue weighted by atomic mass is 10.1. The van der Waals surface area contributed by atoms with Gasteiger partial charge in [-0.25, -0.2) is 9.78 Å². The molecule has 4 aromatic rings. The van der Waals surface area contributed by atoms with Gasteiger partial charge in [-0.3, -0.25) is 4.40 Å². The minimum Gasteiger partial charge on any atom is -0.308 e. The molecular weight excluding hydrogens is 368 g/mol. The minimum atomic E-state index is -0.260. The van der Waals surface area contributed by atoms with Crippen molar-refractivity contribution in [2.75, 3.05) is 10.6 Å². The fourth-order valence-electron chi connectivity index (χ4n) is 3.05. The Labute approximate surface area is 168 Å². The fourth-order valence-corrected chi connectivity index (χ4v) is 3.75. The first-order valence-electron chi connectivity index (χ1n) is 9.41. The molecule has 0 unspecified atom stereocenters. The van der Waals surface area contributed by atoms with Crippen LogP contribution in [0.3, 0.4) is 0 Å². The van der Waals surface area contributed by atoms with Crippen LogP contribution in [0.15, 0.2) is 66.3 Å². The largest absolute Gasteiger partial charge is 0.323 e. The topological polar surface area (TPSA) is 58.4 Å². The quantitative estimate of drug-likeness (QED) is 0.421. The van der Waals surface area contributed by atoms with Gasteiger partial charge in [0.2, 0.25) is 0 Å². The van der Waals surface area contributed by atoms with Crippen LogP contribution >= 0.6 is 11.3 Å². The van der Waals surface area contributed by atoms with Crippen LogP contribution in [0.25, 0.3) is 16.2 Å². The summed E-state index contributed by atoms with van der Waals surface area (Å²) >= 11 is 1.60. The van der Waals surface area contributed by atoms with Crippen molar-refractivity contribution in [3.63, 3.8) is 0 Å². The number of amides is 2. The highest BCUT2D eigenvalue weighted by Gasteiger charge is 2.08. The maximum atomic E-state index is 12.3. The molecule has 0 saturated heterocycles. The molecule has 5 nitrogen and oxygen atoms in total. The van der Waals surface area contributed by atoms with Gasteiger partial charge in [0.05, 0.1) is 5.69 Å². The third kappa shape index (κ3) is 4.23. The van der Waals surface area contributed by atoms with E-state index in [1.165, 1.54) is 18.4 Å². The highest BCUT2D eigenvalue weighted by atomic mass is 32.1. The molecule has 2 N–H and O–H groups in total. The SMILES string of the molecule is CCCCc1ccc(NC(=O)Nc2cccc(-c3cn4ccsc4n3)c2)cc1. The number of nitrogens with one attached hydrogen (secondary N) is 2. The van der Waals surface area contributed by atoms with E-state index in [2.05, 4.69) is 34.7 Å². The fraction of sp³-hybridized carbons (Fsp3) is 0.182. The molecule has 2 amide bonds. The van der Waals surface area contributed by atoms with Gasteiger partial charge in [-0.05, 0) is 42.7 Å². The zero-order chi connectivity index (χ0) is 19.3. The molecule has 0 spiro atoms. The van der Waals surface area contributed by atoms with Crippen LogP contribution in [-0.2, 0) is 6.42 Å². The summed E-state index contributed by atoms with van der Waals surface area (Å²) in [7, 11) is 0. The smallest absolute Gasteiger partial charge is 0.308 e. The number of rotatable bonds is 6. The number of benzene rings is 2. The van der Waals surface area contributed by atoms with Crippen LogP contribution < -0.4 is 10.6 Å². The monoisotopic (exact) mass is 390 g/mol. The van der Waals surface area contributed by atoms with E-state index < -0.39 is 0 Å². The molecule has 6 heteroatoms. The molecule has 142 valence electrons. The van der Waals surface area contributed by atoms with Crippen LogP contribution in [-0.4, -0.2) is 15.4 Å². The van der Waals surface area contributed by atoms with E-state index in [-0.39, 0.29) is 6.03 Å². The molecule has 28 heavy (non-hydrogen) atoms. The van der Waals surface area contributed by atoms with E-state index >= 15 is 0 Å². The number of nitrogens with zero attached hydrogens (tertiary/aromatic N) is 2. The first kappa shape index (κ1) is 18.3. The molecule has 2 aromatic carbocycles. The Morgan fingerprint density at radius 3 is 2.71 bits per heavy atom. The molecule has 0 bridgehead atoms. The molecule has 0 saturated carbocycles. The van der Waals surface area contributed by atoms with E-state index in [1.54, 1.807) is 11.3 Å². The minimum absolute atomic E-state index is 0.260. The number of carbonyl (C=O) groups excluding carboxylic acids is 1. The van der Waals surface area contributed by atoms with Crippen molar-refractivity contribution < 1.29 is 4.79 Å². The van der Waals surface area contributed by atoms with Crippen molar-refractivity contribution in [2.24, 2.45) is 0 Å². The Hall–Kier alpha value is -3.12. The number of anilines is 2. The van der Waals surface area contributed by atoms with Crippen LogP contribution in [0, 0.1) is 0 Å². The Kier molecular flexibility index (Phi) is 5.39. The van der Waals surface area contributed by atoms with Gasteiger partial charge in [0, 0.05) is 34.7 Å². The third-order valence-electron chi connectivity index (χ3n) is 4.54. The number of carbonyl (C=O) groups is 1. The number of imidazole rings is 1. The highest BCUT2D eigenvalue weighted by molar-refractivity contribution is 7.15. The van der Waals surface area contributed by atoms with E-state index in [0.717, 1.165) is 34.0 Å². The molecule has 4 rings (SSSR count). The second-order valence-corrected chi connectivity index (χ2v) is 7.55. The molecule has 0 atom stereocenters. The third-order valence-corrected chi connectivity index (χ3v) is 5.31. The zero-order valence-corrected chi connectivity index (χ0v) is 16.5. The molecule has 0 radical (unpaired) electrons. The summed E-state index contributed by atoms with van der Waals surface area (Å²) in [4.78, 5) is 17.9. The number of aryl methyl sites for hydroxylation is 1. The number of fused-ring (bicyclic) bond motifs is 1. The molecular formula is C22H22N4OS. The van der Waals surface area contributed by atoms with Gasteiger partial charge in [-0.1, -0.05) is 37.6 Å². The molecule has 2 heterocycles. The molecule has 0 aliphatic rings. The molecule has 2 aromatic heterocycles. The van der Waals surface area contributed by atoms with Gasteiger partial charge in [0.1, 0.15) is 0 Å². The van der Waals surface area contributed by atoms with Crippen molar-refractivity contribution in [3.05, 3.63) is 71.9 Å². The Morgan fingerprint density at radius 2 is 1.93 bits per heavy atom. The number of thiazole rings is 1. The lowest BCUT2D eigenvalue weighted by Gasteiger charge is -2.09. The predicted molar refractivity (Wildman–Crippen MR) is 116 cm³/mol. The van der Waals surface area contributed by atoms with Crippen molar-refractivity contribution in [3.8, 4) is 11.3 Å². The Balaban J connectivity index is 1.41.